The number of anilines is 1. The molecular formula is C24H36N6O. The van der Waals surface area contributed by atoms with Crippen molar-refractivity contribution in [2.75, 3.05) is 44.2 Å². The number of rotatable bonds is 7. The molecule has 0 N–H and O–H groups in total. The maximum absolute atomic E-state index is 5.72. The minimum atomic E-state index is -0.0335. The van der Waals surface area contributed by atoms with Gasteiger partial charge in [0, 0.05) is 74.1 Å². The molecule has 1 saturated heterocycles. The molecular weight excluding hydrogens is 388 g/mol. The highest BCUT2D eigenvalue weighted by atomic mass is 16.5. The van der Waals surface area contributed by atoms with Crippen molar-refractivity contribution < 1.29 is 4.74 Å². The summed E-state index contributed by atoms with van der Waals surface area (Å²) in [4.78, 5) is 23.1. The fraction of sp³-hybridized carbons (Fsp3) is 0.667. The lowest BCUT2D eigenvalue weighted by atomic mass is 9.82. The van der Waals surface area contributed by atoms with Gasteiger partial charge in [0.1, 0.15) is 11.6 Å². The van der Waals surface area contributed by atoms with Crippen LogP contribution >= 0.6 is 0 Å². The monoisotopic (exact) mass is 424 g/mol. The van der Waals surface area contributed by atoms with Gasteiger partial charge >= 0.3 is 6.01 Å². The van der Waals surface area contributed by atoms with Gasteiger partial charge in [-0.25, -0.2) is 19.9 Å². The van der Waals surface area contributed by atoms with Crippen molar-refractivity contribution in [2.45, 2.75) is 58.3 Å². The van der Waals surface area contributed by atoms with Crippen molar-refractivity contribution >= 4 is 5.82 Å². The molecule has 3 heterocycles. The molecule has 0 spiro atoms. The van der Waals surface area contributed by atoms with Crippen molar-refractivity contribution in [1.82, 2.24) is 24.8 Å². The fourth-order valence-corrected chi connectivity index (χ4v) is 4.09. The number of hydrogen-bond acceptors (Lipinski definition) is 7. The topological polar surface area (TPSA) is 67.3 Å². The maximum Gasteiger partial charge on any atom is 0.316 e. The van der Waals surface area contributed by atoms with Gasteiger partial charge < -0.3 is 9.64 Å². The summed E-state index contributed by atoms with van der Waals surface area (Å²) in [6.07, 6.45) is 7.27. The molecule has 0 unspecified atom stereocenters. The predicted octanol–water partition coefficient (Wildman–Crippen LogP) is 3.67. The molecule has 2 aromatic rings. The van der Waals surface area contributed by atoms with E-state index >= 15 is 0 Å². The van der Waals surface area contributed by atoms with Gasteiger partial charge in [-0.3, -0.25) is 4.90 Å². The van der Waals surface area contributed by atoms with Crippen molar-refractivity contribution in [3.8, 4) is 6.01 Å². The van der Waals surface area contributed by atoms with Gasteiger partial charge in [-0.2, -0.15) is 0 Å². The Labute approximate surface area is 186 Å². The first-order valence-corrected chi connectivity index (χ1v) is 11.6. The Balaban J connectivity index is 1.33. The minimum absolute atomic E-state index is 0.0335. The lowest BCUT2D eigenvalue weighted by Gasteiger charge is -2.37. The first-order chi connectivity index (χ1) is 14.9. The largest absolute Gasteiger partial charge is 0.463 e. The molecule has 2 aliphatic rings. The summed E-state index contributed by atoms with van der Waals surface area (Å²) in [5.41, 5.74) is 1.21. The van der Waals surface area contributed by atoms with Crippen LogP contribution in [0.5, 0.6) is 6.01 Å². The molecule has 1 saturated carbocycles. The van der Waals surface area contributed by atoms with E-state index in [9.17, 15) is 0 Å². The van der Waals surface area contributed by atoms with E-state index in [1.807, 2.05) is 0 Å². The van der Waals surface area contributed by atoms with Crippen LogP contribution in [0.2, 0.25) is 0 Å². The number of ether oxygens (including phenoxy) is 1. The normalized spacial score (nSPS) is 19.2. The smallest absolute Gasteiger partial charge is 0.316 e. The van der Waals surface area contributed by atoms with Crippen LogP contribution in [0.4, 0.5) is 5.82 Å². The molecule has 1 aliphatic carbocycles. The zero-order valence-corrected chi connectivity index (χ0v) is 19.4. The van der Waals surface area contributed by atoms with Gasteiger partial charge in [0.05, 0.1) is 6.61 Å². The van der Waals surface area contributed by atoms with Crippen LogP contribution in [0, 0.1) is 5.92 Å². The number of aromatic nitrogens is 4. The second-order valence-electron chi connectivity index (χ2n) is 10.1. The second kappa shape index (κ2) is 9.47. The Bertz CT molecular complexity index is 841. The summed E-state index contributed by atoms with van der Waals surface area (Å²) >= 11 is 0. The van der Waals surface area contributed by atoms with E-state index in [4.69, 9.17) is 14.7 Å². The van der Waals surface area contributed by atoms with Gasteiger partial charge in [0.25, 0.3) is 0 Å². The van der Waals surface area contributed by atoms with Crippen LogP contribution in [0.3, 0.4) is 0 Å². The van der Waals surface area contributed by atoms with Gasteiger partial charge in [0.15, 0.2) is 0 Å². The number of nitrogens with zero attached hydrogens (tertiary/aromatic N) is 6. The first kappa shape index (κ1) is 21.9. The summed E-state index contributed by atoms with van der Waals surface area (Å²) in [5, 5.41) is 0. The molecule has 1 aliphatic heterocycles. The van der Waals surface area contributed by atoms with E-state index in [1.165, 1.54) is 25.0 Å². The van der Waals surface area contributed by atoms with Crippen molar-refractivity contribution in [1.29, 1.82) is 0 Å². The molecule has 0 radical (unpaired) electrons. The van der Waals surface area contributed by atoms with Crippen LogP contribution in [0.25, 0.3) is 0 Å². The standard InChI is InChI=1S/C24H36N6O/c1-18(17-31-23-25-9-6-10-26-23)16-29-11-13-30(14-12-29)21-15-20(19-7-5-8-19)27-22(28-21)24(2,3)4/h6,9-10,15,18-19H,5,7-8,11-14,16-17H2,1-4H3/t18-/m1/s1. The van der Waals surface area contributed by atoms with E-state index in [-0.39, 0.29) is 5.41 Å². The van der Waals surface area contributed by atoms with E-state index in [1.54, 1.807) is 18.5 Å². The van der Waals surface area contributed by atoms with Crippen molar-refractivity contribution in [2.24, 2.45) is 5.92 Å². The third-order valence-corrected chi connectivity index (χ3v) is 6.23. The molecule has 2 aromatic heterocycles. The zero-order chi connectivity index (χ0) is 21.8. The quantitative estimate of drug-likeness (QED) is 0.672. The van der Waals surface area contributed by atoms with Gasteiger partial charge in [-0.1, -0.05) is 34.1 Å². The number of piperazine rings is 1. The Morgan fingerprint density at radius 1 is 1.06 bits per heavy atom. The molecule has 31 heavy (non-hydrogen) atoms. The highest BCUT2D eigenvalue weighted by Crippen LogP contribution is 2.37. The molecule has 2 fully saturated rings. The Morgan fingerprint density at radius 2 is 1.77 bits per heavy atom. The van der Waals surface area contributed by atoms with Crippen LogP contribution < -0.4 is 9.64 Å². The summed E-state index contributed by atoms with van der Waals surface area (Å²) in [6, 6.07) is 4.51. The Kier molecular flexibility index (Phi) is 6.70. The van der Waals surface area contributed by atoms with Gasteiger partial charge in [-0.15, -0.1) is 0 Å². The SMILES string of the molecule is C[C@@H](COc1ncccn1)CN1CCN(c2cc(C3CCC3)nc(C(C)(C)C)n2)CC1. The van der Waals surface area contributed by atoms with Crippen LogP contribution in [-0.2, 0) is 5.41 Å². The van der Waals surface area contributed by atoms with Crippen molar-refractivity contribution in [3.63, 3.8) is 0 Å². The summed E-state index contributed by atoms with van der Waals surface area (Å²) < 4.78 is 5.72. The minimum Gasteiger partial charge on any atom is -0.463 e. The van der Waals surface area contributed by atoms with Gasteiger partial charge in [-0.05, 0) is 18.9 Å². The summed E-state index contributed by atoms with van der Waals surface area (Å²) in [6.45, 7) is 14.6. The van der Waals surface area contributed by atoms with E-state index in [0.29, 0.717) is 24.5 Å². The highest BCUT2D eigenvalue weighted by molar-refractivity contribution is 5.42. The molecule has 0 bridgehead atoms. The Hall–Kier alpha value is -2.28. The van der Waals surface area contributed by atoms with E-state index in [2.05, 4.69) is 53.5 Å². The lowest BCUT2D eigenvalue weighted by molar-refractivity contribution is 0.172. The Morgan fingerprint density at radius 3 is 2.39 bits per heavy atom. The maximum atomic E-state index is 5.72. The first-order valence-electron chi connectivity index (χ1n) is 11.6. The molecule has 1 atom stereocenters. The third kappa shape index (κ3) is 5.70. The van der Waals surface area contributed by atoms with E-state index < -0.39 is 0 Å². The molecule has 168 valence electrons. The molecule has 0 aromatic carbocycles. The highest BCUT2D eigenvalue weighted by Gasteiger charge is 2.28. The van der Waals surface area contributed by atoms with Gasteiger partial charge in [0.2, 0.25) is 0 Å². The van der Waals surface area contributed by atoms with E-state index in [0.717, 1.165) is 44.4 Å². The molecule has 7 nitrogen and oxygen atoms in total. The molecule has 4 rings (SSSR count). The average molecular weight is 425 g/mol. The fourth-order valence-electron chi connectivity index (χ4n) is 4.09. The zero-order valence-electron chi connectivity index (χ0n) is 19.4. The predicted molar refractivity (Wildman–Crippen MR) is 123 cm³/mol. The summed E-state index contributed by atoms with van der Waals surface area (Å²) in [5.74, 6) is 3.13. The second-order valence-corrected chi connectivity index (χ2v) is 10.1. The van der Waals surface area contributed by atoms with Crippen LogP contribution in [-0.4, -0.2) is 64.2 Å². The third-order valence-electron chi connectivity index (χ3n) is 6.23. The summed E-state index contributed by atoms with van der Waals surface area (Å²) in [7, 11) is 0. The average Bonchev–Trinajstić information content (AvgIpc) is 2.71. The molecule has 0 amide bonds. The molecule has 7 heteroatoms. The van der Waals surface area contributed by atoms with Crippen LogP contribution in [0.15, 0.2) is 24.5 Å². The van der Waals surface area contributed by atoms with Crippen molar-refractivity contribution in [3.05, 3.63) is 36.0 Å². The number of hydrogen-bond donors (Lipinski definition) is 0. The van der Waals surface area contributed by atoms with Crippen LogP contribution in [0.1, 0.15) is 64.4 Å². The lowest BCUT2D eigenvalue weighted by Crippen LogP contribution is -2.48.